The van der Waals surface area contributed by atoms with Crippen LogP contribution in [0.25, 0.3) is 0 Å². The molecule has 0 aliphatic heterocycles. The molecule has 2 aromatic rings. The van der Waals surface area contributed by atoms with Crippen LogP contribution in [-0.2, 0) is 6.42 Å². The maximum Gasteiger partial charge on any atom is 0.0624 e. The Bertz CT molecular complexity index is 572. The molecule has 1 unspecified atom stereocenters. The van der Waals surface area contributed by atoms with Crippen molar-refractivity contribution in [3.8, 4) is 0 Å². The van der Waals surface area contributed by atoms with Crippen LogP contribution in [-0.4, -0.2) is 11.7 Å². The van der Waals surface area contributed by atoms with Crippen molar-refractivity contribution in [2.24, 2.45) is 0 Å². The molecular formula is C15H13BrCl2O. The molecule has 2 aromatic carbocycles. The zero-order valence-electron chi connectivity index (χ0n) is 10.1. The van der Waals surface area contributed by atoms with Crippen LogP contribution < -0.4 is 0 Å². The molecule has 0 radical (unpaired) electrons. The van der Waals surface area contributed by atoms with Gasteiger partial charge in [-0.15, -0.1) is 0 Å². The summed E-state index contributed by atoms with van der Waals surface area (Å²) in [5.41, 5.74) is 2.03. The Balaban J connectivity index is 2.26. The summed E-state index contributed by atoms with van der Waals surface area (Å²) < 4.78 is 1.00. The molecule has 0 bridgehead atoms. The van der Waals surface area contributed by atoms with Crippen molar-refractivity contribution in [2.75, 3.05) is 6.61 Å². The zero-order chi connectivity index (χ0) is 13.8. The average Bonchev–Trinajstić information content (AvgIpc) is 2.40. The van der Waals surface area contributed by atoms with E-state index in [0.29, 0.717) is 16.5 Å². The van der Waals surface area contributed by atoms with E-state index in [-0.39, 0.29) is 12.5 Å². The van der Waals surface area contributed by atoms with Gasteiger partial charge in [-0.3, -0.25) is 0 Å². The van der Waals surface area contributed by atoms with Crippen LogP contribution in [0.4, 0.5) is 0 Å². The smallest absolute Gasteiger partial charge is 0.0624 e. The van der Waals surface area contributed by atoms with Gasteiger partial charge in [-0.05, 0) is 35.7 Å². The summed E-state index contributed by atoms with van der Waals surface area (Å²) in [6.45, 7) is 0.0687. The minimum absolute atomic E-state index is 0.00784. The second-order valence-corrected chi connectivity index (χ2v) is 6.05. The minimum atomic E-state index is 0.00784. The second-order valence-electron chi connectivity index (χ2n) is 4.35. The average molecular weight is 360 g/mol. The van der Waals surface area contributed by atoms with Gasteiger partial charge in [-0.1, -0.05) is 63.4 Å². The van der Waals surface area contributed by atoms with Crippen LogP contribution >= 0.6 is 39.1 Å². The van der Waals surface area contributed by atoms with E-state index < -0.39 is 0 Å². The fourth-order valence-corrected chi connectivity index (χ4v) is 2.83. The Morgan fingerprint density at radius 2 is 1.84 bits per heavy atom. The molecule has 0 aliphatic rings. The third kappa shape index (κ3) is 3.73. The highest BCUT2D eigenvalue weighted by atomic mass is 79.9. The lowest BCUT2D eigenvalue weighted by atomic mass is 9.93. The predicted octanol–water partition coefficient (Wildman–Crippen LogP) is 5.07. The minimum Gasteiger partial charge on any atom is -0.396 e. The first-order chi connectivity index (χ1) is 9.11. The number of hydrogen-bond donors (Lipinski definition) is 1. The number of rotatable bonds is 4. The van der Waals surface area contributed by atoms with Gasteiger partial charge in [0.1, 0.15) is 0 Å². The van der Waals surface area contributed by atoms with Gasteiger partial charge >= 0.3 is 0 Å². The molecule has 100 valence electrons. The van der Waals surface area contributed by atoms with Crippen LogP contribution in [0.3, 0.4) is 0 Å². The summed E-state index contributed by atoms with van der Waals surface area (Å²) in [4.78, 5) is 0. The molecule has 0 spiro atoms. The molecule has 0 saturated carbocycles. The third-order valence-electron chi connectivity index (χ3n) is 3.04. The highest BCUT2D eigenvalue weighted by Gasteiger charge is 2.14. The second kappa shape index (κ2) is 6.76. The number of aliphatic hydroxyl groups is 1. The summed E-state index contributed by atoms with van der Waals surface area (Å²) >= 11 is 15.6. The lowest BCUT2D eigenvalue weighted by Gasteiger charge is -2.16. The SMILES string of the molecule is OCC(Cc1cccc(Cl)c1Cl)c1cccc(Br)c1. The molecular weight excluding hydrogens is 347 g/mol. The van der Waals surface area contributed by atoms with Crippen molar-refractivity contribution in [3.63, 3.8) is 0 Å². The van der Waals surface area contributed by atoms with Crippen molar-refractivity contribution in [2.45, 2.75) is 12.3 Å². The fraction of sp³-hybridized carbons (Fsp3) is 0.200. The summed E-state index contributed by atoms with van der Waals surface area (Å²) in [5, 5.41) is 10.7. The highest BCUT2D eigenvalue weighted by molar-refractivity contribution is 9.10. The van der Waals surface area contributed by atoms with E-state index in [0.717, 1.165) is 15.6 Å². The Morgan fingerprint density at radius 3 is 2.53 bits per heavy atom. The van der Waals surface area contributed by atoms with E-state index >= 15 is 0 Å². The molecule has 1 atom stereocenters. The van der Waals surface area contributed by atoms with Crippen molar-refractivity contribution >= 4 is 39.1 Å². The van der Waals surface area contributed by atoms with Crippen molar-refractivity contribution in [1.29, 1.82) is 0 Å². The maximum absolute atomic E-state index is 9.60. The first-order valence-corrected chi connectivity index (χ1v) is 7.46. The topological polar surface area (TPSA) is 20.2 Å². The summed E-state index contributed by atoms with van der Waals surface area (Å²) in [6.07, 6.45) is 0.659. The van der Waals surface area contributed by atoms with Gasteiger partial charge in [0, 0.05) is 10.4 Å². The van der Waals surface area contributed by atoms with E-state index in [9.17, 15) is 5.11 Å². The molecule has 0 saturated heterocycles. The monoisotopic (exact) mass is 358 g/mol. The predicted molar refractivity (Wildman–Crippen MR) is 84.1 cm³/mol. The van der Waals surface area contributed by atoms with Crippen molar-refractivity contribution in [1.82, 2.24) is 0 Å². The molecule has 0 aromatic heterocycles. The Hall–Kier alpha value is -0.540. The van der Waals surface area contributed by atoms with E-state index in [1.54, 1.807) is 6.07 Å². The summed E-state index contributed by atoms with van der Waals surface area (Å²) in [6, 6.07) is 13.5. The van der Waals surface area contributed by atoms with Crippen LogP contribution in [0.5, 0.6) is 0 Å². The molecule has 2 rings (SSSR count). The maximum atomic E-state index is 9.60. The quantitative estimate of drug-likeness (QED) is 0.807. The first kappa shape index (κ1) is 14.9. The Kier molecular flexibility index (Phi) is 5.28. The van der Waals surface area contributed by atoms with E-state index in [4.69, 9.17) is 23.2 Å². The van der Waals surface area contributed by atoms with Gasteiger partial charge in [0.25, 0.3) is 0 Å². The normalized spacial score (nSPS) is 12.4. The molecule has 4 heteroatoms. The number of aliphatic hydroxyl groups excluding tert-OH is 1. The van der Waals surface area contributed by atoms with Gasteiger partial charge in [0.15, 0.2) is 0 Å². The number of benzene rings is 2. The molecule has 19 heavy (non-hydrogen) atoms. The molecule has 0 aliphatic carbocycles. The van der Waals surface area contributed by atoms with Crippen LogP contribution in [0.1, 0.15) is 17.0 Å². The molecule has 1 N–H and O–H groups in total. The molecule has 0 fully saturated rings. The Morgan fingerprint density at radius 1 is 1.11 bits per heavy atom. The summed E-state index contributed by atoms with van der Waals surface area (Å²) in [7, 11) is 0. The molecule has 0 heterocycles. The van der Waals surface area contributed by atoms with Gasteiger partial charge in [-0.2, -0.15) is 0 Å². The highest BCUT2D eigenvalue weighted by Crippen LogP contribution is 2.30. The van der Waals surface area contributed by atoms with E-state index in [2.05, 4.69) is 15.9 Å². The van der Waals surface area contributed by atoms with Gasteiger partial charge in [0.2, 0.25) is 0 Å². The molecule has 1 nitrogen and oxygen atoms in total. The van der Waals surface area contributed by atoms with Crippen LogP contribution in [0, 0.1) is 0 Å². The van der Waals surface area contributed by atoms with Crippen LogP contribution in [0.15, 0.2) is 46.9 Å². The first-order valence-electron chi connectivity index (χ1n) is 5.91. The lowest BCUT2D eigenvalue weighted by Crippen LogP contribution is -2.08. The van der Waals surface area contributed by atoms with E-state index in [1.807, 2.05) is 36.4 Å². The van der Waals surface area contributed by atoms with Crippen LogP contribution in [0.2, 0.25) is 10.0 Å². The third-order valence-corrected chi connectivity index (χ3v) is 4.39. The van der Waals surface area contributed by atoms with Gasteiger partial charge in [0.05, 0.1) is 16.7 Å². The van der Waals surface area contributed by atoms with Crippen molar-refractivity contribution < 1.29 is 5.11 Å². The molecule has 0 amide bonds. The summed E-state index contributed by atoms with van der Waals surface area (Å²) in [5.74, 6) is 0.00784. The van der Waals surface area contributed by atoms with Gasteiger partial charge in [-0.25, -0.2) is 0 Å². The Labute approximate surface area is 131 Å². The fourth-order valence-electron chi connectivity index (χ4n) is 2.02. The lowest BCUT2D eigenvalue weighted by molar-refractivity contribution is 0.264. The van der Waals surface area contributed by atoms with E-state index in [1.165, 1.54) is 0 Å². The number of hydrogen-bond acceptors (Lipinski definition) is 1. The zero-order valence-corrected chi connectivity index (χ0v) is 13.2. The van der Waals surface area contributed by atoms with Crippen molar-refractivity contribution in [3.05, 3.63) is 68.1 Å². The largest absolute Gasteiger partial charge is 0.396 e. The standard InChI is InChI=1S/C15H13BrCl2O/c16-13-5-1-3-10(8-13)12(9-19)7-11-4-2-6-14(17)15(11)18/h1-6,8,12,19H,7,9H2. The van der Waals surface area contributed by atoms with Gasteiger partial charge < -0.3 is 5.11 Å². The number of halogens is 3.